The zero-order valence-corrected chi connectivity index (χ0v) is 18.4. The largest absolute Gasteiger partial charge is 0.350 e. The van der Waals surface area contributed by atoms with Crippen LogP contribution in [-0.4, -0.2) is 36.6 Å². The summed E-state index contributed by atoms with van der Waals surface area (Å²) in [6, 6.07) is 8.72. The molecule has 0 radical (unpaired) electrons. The van der Waals surface area contributed by atoms with E-state index in [4.69, 9.17) is 9.57 Å². The Bertz CT molecular complexity index is 799. The first kappa shape index (κ1) is 24.3. The summed E-state index contributed by atoms with van der Waals surface area (Å²) in [4.78, 5) is 33.9. The summed E-state index contributed by atoms with van der Waals surface area (Å²) in [5.74, 6) is 0.126. The Balaban J connectivity index is 1.80. The second-order valence-corrected chi connectivity index (χ2v) is 7.21. The normalized spacial score (nSPS) is 18.5. The lowest BCUT2D eigenvalue weighted by Crippen LogP contribution is -2.32. The highest BCUT2D eigenvalue weighted by Crippen LogP contribution is 2.12. The lowest BCUT2D eigenvalue weighted by atomic mass is 10.2. The third-order valence-electron chi connectivity index (χ3n) is 4.50. The van der Waals surface area contributed by atoms with Crippen LogP contribution in [0.3, 0.4) is 0 Å². The van der Waals surface area contributed by atoms with Gasteiger partial charge in [-0.25, -0.2) is 10.3 Å². The second-order valence-electron chi connectivity index (χ2n) is 7.21. The molecule has 8 heteroatoms. The lowest BCUT2D eigenvalue weighted by molar-refractivity contribution is -0.198. The first-order valence-corrected chi connectivity index (χ1v) is 10.6. The molecular weight excluding hydrogens is 396 g/mol. The maximum atomic E-state index is 12.3. The molecule has 31 heavy (non-hydrogen) atoms. The average Bonchev–Trinajstić information content (AvgIpc) is 2.80. The molecule has 1 aliphatic rings. The molecule has 1 aromatic rings. The summed E-state index contributed by atoms with van der Waals surface area (Å²) < 4.78 is 5.39. The standard InChI is InChI=1S/C23H32N4O4/c1-4-20(25-18(3)23(29)26-19-10-6-5-7-11-19)24-16-17(2)13-14-21(28)27-31-22-12-8-9-15-30-22/h5-7,10-11,13-14,16,18,22H,4,8-9,12,15H2,1-3H3,(H,24,25)(H,26,29)(H,27,28)/b14-13+,17-16+. The molecule has 1 aliphatic heterocycles. The number of rotatable bonds is 9. The number of amidine groups is 1. The van der Waals surface area contributed by atoms with Gasteiger partial charge >= 0.3 is 0 Å². The van der Waals surface area contributed by atoms with E-state index in [2.05, 4.69) is 21.1 Å². The number of benzene rings is 1. The lowest BCUT2D eigenvalue weighted by Gasteiger charge is -2.21. The van der Waals surface area contributed by atoms with Crippen molar-refractivity contribution in [1.29, 1.82) is 0 Å². The molecule has 3 N–H and O–H groups in total. The summed E-state index contributed by atoms with van der Waals surface area (Å²) in [7, 11) is 0. The minimum absolute atomic E-state index is 0.182. The van der Waals surface area contributed by atoms with Crippen LogP contribution < -0.4 is 16.1 Å². The third-order valence-corrected chi connectivity index (χ3v) is 4.50. The van der Waals surface area contributed by atoms with Gasteiger partial charge in [0.2, 0.25) is 5.91 Å². The topological polar surface area (TPSA) is 101 Å². The monoisotopic (exact) mass is 428 g/mol. The number of hydroxylamine groups is 1. The van der Waals surface area contributed by atoms with Gasteiger partial charge in [0.25, 0.3) is 5.91 Å². The predicted octanol–water partition coefficient (Wildman–Crippen LogP) is 3.45. The Labute approximate surface area is 183 Å². The first-order valence-electron chi connectivity index (χ1n) is 10.6. The molecule has 0 aromatic heterocycles. The Morgan fingerprint density at radius 3 is 2.71 bits per heavy atom. The smallest absolute Gasteiger partial charge is 0.267 e. The molecule has 168 valence electrons. The highest BCUT2D eigenvalue weighted by Gasteiger charge is 2.15. The summed E-state index contributed by atoms with van der Waals surface area (Å²) in [5, 5.41) is 5.94. The molecule has 0 aliphatic carbocycles. The summed E-state index contributed by atoms with van der Waals surface area (Å²) in [6.07, 6.45) is 7.84. The van der Waals surface area contributed by atoms with E-state index in [9.17, 15) is 9.59 Å². The van der Waals surface area contributed by atoms with Gasteiger partial charge in [-0.05, 0) is 44.4 Å². The van der Waals surface area contributed by atoms with Crippen molar-refractivity contribution in [3.8, 4) is 0 Å². The molecule has 0 saturated carbocycles. The van der Waals surface area contributed by atoms with E-state index in [1.165, 1.54) is 6.08 Å². The molecule has 0 spiro atoms. The number of nitrogens with one attached hydrogen (secondary N) is 3. The van der Waals surface area contributed by atoms with Crippen molar-refractivity contribution >= 4 is 23.3 Å². The van der Waals surface area contributed by atoms with Crippen LogP contribution in [0.4, 0.5) is 5.69 Å². The Kier molecular flexibility index (Phi) is 10.5. The number of hydrogen-bond acceptors (Lipinski definition) is 5. The highest BCUT2D eigenvalue weighted by atomic mass is 16.8. The number of amides is 2. The van der Waals surface area contributed by atoms with Gasteiger partial charge in [-0.2, -0.15) is 0 Å². The summed E-state index contributed by atoms with van der Waals surface area (Å²) >= 11 is 0. The quantitative estimate of drug-likeness (QED) is 0.184. The number of carbonyl (C=O) groups excluding carboxylic acids is 2. The van der Waals surface area contributed by atoms with Crippen LogP contribution in [0.1, 0.15) is 46.5 Å². The molecule has 0 bridgehead atoms. The van der Waals surface area contributed by atoms with Gasteiger partial charge < -0.3 is 15.4 Å². The van der Waals surface area contributed by atoms with Crippen molar-refractivity contribution in [2.75, 3.05) is 11.9 Å². The maximum absolute atomic E-state index is 12.3. The third kappa shape index (κ3) is 9.59. The molecular formula is C23H32N4O4. The van der Waals surface area contributed by atoms with Crippen LogP contribution in [0.5, 0.6) is 0 Å². The van der Waals surface area contributed by atoms with E-state index >= 15 is 0 Å². The van der Waals surface area contributed by atoms with Crippen molar-refractivity contribution in [3.05, 3.63) is 54.3 Å². The minimum atomic E-state index is -0.545. The van der Waals surface area contributed by atoms with Gasteiger partial charge in [0.1, 0.15) is 11.9 Å². The molecule has 1 heterocycles. The van der Waals surface area contributed by atoms with Gasteiger partial charge in [-0.1, -0.05) is 31.2 Å². The van der Waals surface area contributed by atoms with E-state index in [0.717, 1.165) is 30.5 Å². The van der Waals surface area contributed by atoms with Crippen molar-refractivity contribution in [1.82, 2.24) is 10.8 Å². The van der Waals surface area contributed by atoms with Gasteiger partial charge in [0.05, 0.1) is 0 Å². The van der Waals surface area contributed by atoms with Crippen LogP contribution in [0.2, 0.25) is 0 Å². The molecule has 8 nitrogen and oxygen atoms in total. The number of nitrogens with zero attached hydrogens (tertiary/aromatic N) is 1. The molecule has 2 unspecified atom stereocenters. The minimum Gasteiger partial charge on any atom is -0.350 e. The zero-order chi connectivity index (χ0) is 22.5. The summed E-state index contributed by atoms with van der Waals surface area (Å²) in [5.41, 5.74) is 3.92. The van der Waals surface area contributed by atoms with Gasteiger partial charge in [0, 0.05) is 37.4 Å². The van der Waals surface area contributed by atoms with Crippen LogP contribution in [0.25, 0.3) is 0 Å². The Hall–Kier alpha value is -2.97. The van der Waals surface area contributed by atoms with E-state index in [0.29, 0.717) is 18.9 Å². The van der Waals surface area contributed by atoms with Crippen LogP contribution in [-0.2, 0) is 19.2 Å². The molecule has 2 rings (SSSR count). The number of para-hydroxylation sites is 1. The molecule has 2 atom stereocenters. The van der Waals surface area contributed by atoms with E-state index in [-0.39, 0.29) is 18.1 Å². The second kappa shape index (κ2) is 13.4. The van der Waals surface area contributed by atoms with Crippen LogP contribution in [0, 0.1) is 0 Å². The maximum Gasteiger partial charge on any atom is 0.267 e. The van der Waals surface area contributed by atoms with Gasteiger partial charge in [0.15, 0.2) is 6.29 Å². The number of aliphatic imine (C=N–C) groups is 1. The molecule has 1 saturated heterocycles. The fraction of sp³-hybridized carbons (Fsp3) is 0.435. The van der Waals surface area contributed by atoms with Gasteiger partial charge in [-0.3, -0.25) is 14.6 Å². The number of carbonyl (C=O) groups is 2. The van der Waals surface area contributed by atoms with Crippen LogP contribution in [0.15, 0.2) is 59.2 Å². The zero-order valence-electron chi connectivity index (χ0n) is 18.4. The molecule has 1 fully saturated rings. The van der Waals surface area contributed by atoms with E-state index < -0.39 is 6.04 Å². The number of allylic oxidation sites excluding steroid dienone is 2. The average molecular weight is 429 g/mol. The predicted molar refractivity (Wildman–Crippen MR) is 121 cm³/mol. The Morgan fingerprint density at radius 2 is 2.03 bits per heavy atom. The summed E-state index contributed by atoms with van der Waals surface area (Å²) in [6.45, 7) is 6.19. The Morgan fingerprint density at radius 1 is 1.26 bits per heavy atom. The number of anilines is 1. The first-order chi connectivity index (χ1) is 15.0. The number of ether oxygens (including phenoxy) is 1. The highest BCUT2D eigenvalue weighted by molar-refractivity contribution is 5.96. The molecule has 1 aromatic carbocycles. The fourth-order valence-electron chi connectivity index (χ4n) is 2.71. The SMILES string of the molecule is CCC(=NC(C)C(=O)Nc1ccccc1)N/C=C(C)/C=C/C(=O)NOC1CCCCO1. The van der Waals surface area contributed by atoms with Crippen molar-refractivity contribution in [3.63, 3.8) is 0 Å². The fourth-order valence-corrected chi connectivity index (χ4v) is 2.71. The van der Waals surface area contributed by atoms with Crippen molar-refractivity contribution in [2.24, 2.45) is 4.99 Å². The van der Waals surface area contributed by atoms with E-state index in [1.807, 2.05) is 44.2 Å². The van der Waals surface area contributed by atoms with Crippen molar-refractivity contribution < 1.29 is 19.2 Å². The van der Waals surface area contributed by atoms with E-state index in [1.54, 1.807) is 19.2 Å². The van der Waals surface area contributed by atoms with Crippen LogP contribution >= 0.6 is 0 Å². The van der Waals surface area contributed by atoms with Gasteiger partial charge in [-0.15, -0.1) is 0 Å². The molecule has 2 amide bonds. The number of hydrogen-bond donors (Lipinski definition) is 3. The van der Waals surface area contributed by atoms with Crippen molar-refractivity contribution in [2.45, 2.75) is 58.8 Å².